The zero-order chi connectivity index (χ0) is 19.5. The van der Waals surface area contributed by atoms with Crippen LogP contribution in [0.1, 0.15) is 40.9 Å². The van der Waals surface area contributed by atoms with E-state index < -0.39 is 5.97 Å². The van der Waals surface area contributed by atoms with E-state index in [9.17, 15) is 9.90 Å². The minimum Gasteiger partial charge on any atom is -0.478 e. The normalized spacial score (nSPS) is 16.0. The first-order valence-electron chi connectivity index (χ1n) is 10.00. The number of nitrogens with zero attached hydrogens (tertiary/aromatic N) is 1. The zero-order valence-electron chi connectivity index (χ0n) is 16.0. The van der Waals surface area contributed by atoms with Gasteiger partial charge in [-0.15, -0.1) is 0 Å². The molecule has 1 heterocycles. The molecule has 0 spiro atoms. The van der Waals surface area contributed by atoms with Crippen molar-refractivity contribution in [2.45, 2.75) is 32.1 Å². The highest BCUT2D eigenvalue weighted by Crippen LogP contribution is 2.36. The molecule has 0 saturated heterocycles. The SMILES string of the molecule is NCCCC1CCc2cc(-c3ccccc3)n(-c3cccc(C(=O)O)c3)c2C1. The second kappa shape index (κ2) is 8.03. The van der Waals surface area contributed by atoms with Crippen LogP contribution in [0, 0.1) is 5.92 Å². The van der Waals surface area contributed by atoms with Crippen LogP contribution in [0.4, 0.5) is 0 Å². The molecule has 144 valence electrons. The van der Waals surface area contributed by atoms with Crippen molar-refractivity contribution >= 4 is 5.97 Å². The van der Waals surface area contributed by atoms with Gasteiger partial charge in [0.1, 0.15) is 0 Å². The minimum atomic E-state index is -0.898. The van der Waals surface area contributed by atoms with Crippen molar-refractivity contribution in [1.29, 1.82) is 0 Å². The fraction of sp³-hybridized carbons (Fsp3) is 0.292. The molecule has 2 aromatic carbocycles. The Morgan fingerprint density at radius 3 is 2.68 bits per heavy atom. The highest BCUT2D eigenvalue weighted by atomic mass is 16.4. The van der Waals surface area contributed by atoms with Crippen molar-refractivity contribution in [3.8, 4) is 16.9 Å². The molecular formula is C24H26N2O2. The molecule has 28 heavy (non-hydrogen) atoms. The van der Waals surface area contributed by atoms with Crippen molar-refractivity contribution < 1.29 is 9.90 Å². The fourth-order valence-electron chi connectivity index (χ4n) is 4.32. The highest BCUT2D eigenvalue weighted by molar-refractivity contribution is 5.88. The Balaban J connectivity index is 1.84. The lowest BCUT2D eigenvalue weighted by atomic mass is 9.85. The van der Waals surface area contributed by atoms with Crippen LogP contribution in [0.3, 0.4) is 0 Å². The predicted molar refractivity (Wildman–Crippen MR) is 112 cm³/mol. The molecule has 4 nitrogen and oxygen atoms in total. The first-order chi connectivity index (χ1) is 13.7. The van der Waals surface area contributed by atoms with Crippen LogP contribution in [-0.2, 0) is 12.8 Å². The van der Waals surface area contributed by atoms with Gasteiger partial charge >= 0.3 is 5.97 Å². The monoisotopic (exact) mass is 374 g/mol. The number of carboxylic acid groups (broad SMARTS) is 1. The number of benzene rings is 2. The average Bonchev–Trinajstić information content (AvgIpc) is 3.11. The lowest BCUT2D eigenvalue weighted by molar-refractivity contribution is 0.0697. The van der Waals surface area contributed by atoms with E-state index in [1.807, 2.05) is 30.3 Å². The van der Waals surface area contributed by atoms with Gasteiger partial charge in [-0.3, -0.25) is 0 Å². The molecule has 0 aliphatic heterocycles. The summed E-state index contributed by atoms with van der Waals surface area (Å²) in [6, 6.07) is 19.9. The third-order valence-corrected chi connectivity index (χ3v) is 5.73. The summed E-state index contributed by atoms with van der Waals surface area (Å²) < 4.78 is 2.27. The summed E-state index contributed by atoms with van der Waals surface area (Å²) in [6.07, 6.45) is 5.48. The molecule has 1 atom stereocenters. The van der Waals surface area contributed by atoms with Gasteiger partial charge in [-0.1, -0.05) is 36.4 Å². The molecular weight excluding hydrogens is 348 g/mol. The summed E-state index contributed by atoms with van der Waals surface area (Å²) in [6.45, 7) is 0.736. The Bertz CT molecular complexity index is 976. The Kier molecular flexibility index (Phi) is 5.31. The topological polar surface area (TPSA) is 68.2 Å². The first kappa shape index (κ1) is 18.5. The van der Waals surface area contributed by atoms with Gasteiger partial charge in [-0.05, 0) is 80.0 Å². The lowest BCUT2D eigenvalue weighted by Gasteiger charge is -2.25. The summed E-state index contributed by atoms with van der Waals surface area (Å²) in [7, 11) is 0. The molecule has 0 bridgehead atoms. The van der Waals surface area contributed by atoms with E-state index >= 15 is 0 Å². The maximum absolute atomic E-state index is 11.5. The quantitative estimate of drug-likeness (QED) is 0.658. The zero-order valence-corrected chi connectivity index (χ0v) is 16.0. The van der Waals surface area contributed by atoms with Crippen molar-refractivity contribution in [1.82, 2.24) is 4.57 Å². The number of aromatic nitrogens is 1. The maximum Gasteiger partial charge on any atom is 0.335 e. The molecule has 1 aromatic heterocycles. The molecule has 0 amide bonds. The van der Waals surface area contributed by atoms with E-state index in [2.05, 4.69) is 22.8 Å². The second-order valence-electron chi connectivity index (χ2n) is 7.60. The number of hydrogen-bond acceptors (Lipinski definition) is 2. The van der Waals surface area contributed by atoms with Gasteiger partial charge in [-0.2, -0.15) is 0 Å². The van der Waals surface area contributed by atoms with E-state index in [-0.39, 0.29) is 0 Å². The molecule has 4 heteroatoms. The largest absolute Gasteiger partial charge is 0.478 e. The molecule has 0 radical (unpaired) electrons. The van der Waals surface area contributed by atoms with Gasteiger partial charge in [0.15, 0.2) is 0 Å². The molecule has 1 aliphatic carbocycles. The van der Waals surface area contributed by atoms with E-state index in [0.717, 1.165) is 49.2 Å². The number of nitrogens with two attached hydrogens (primary N) is 1. The third kappa shape index (κ3) is 3.60. The van der Waals surface area contributed by atoms with Crippen molar-refractivity contribution in [2.24, 2.45) is 11.7 Å². The summed E-state index contributed by atoms with van der Waals surface area (Å²) in [5.41, 5.74) is 11.9. The van der Waals surface area contributed by atoms with E-state index in [1.54, 1.807) is 12.1 Å². The predicted octanol–water partition coefficient (Wildman–Crippen LogP) is 4.69. The van der Waals surface area contributed by atoms with E-state index in [0.29, 0.717) is 11.5 Å². The first-order valence-corrected chi connectivity index (χ1v) is 10.00. The maximum atomic E-state index is 11.5. The Hall–Kier alpha value is -2.85. The number of carboxylic acids is 1. The number of carbonyl (C=O) groups is 1. The van der Waals surface area contributed by atoms with Crippen molar-refractivity contribution in [2.75, 3.05) is 6.54 Å². The van der Waals surface area contributed by atoms with E-state index in [4.69, 9.17) is 5.73 Å². The molecule has 3 aromatic rings. The van der Waals surface area contributed by atoms with Crippen molar-refractivity contribution in [3.05, 3.63) is 77.5 Å². The molecule has 0 fully saturated rings. The third-order valence-electron chi connectivity index (χ3n) is 5.73. The number of rotatable bonds is 6. The molecule has 1 aliphatic rings. The number of aryl methyl sites for hydroxylation is 1. The summed E-state index contributed by atoms with van der Waals surface area (Å²) in [5.74, 6) is -0.263. The summed E-state index contributed by atoms with van der Waals surface area (Å²) >= 11 is 0. The lowest BCUT2D eigenvalue weighted by Crippen LogP contribution is -2.17. The van der Waals surface area contributed by atoms with Crippen LogP contribution in [0.15, 0.2) is 60.7 Å². The highest BCUT2D eigenvalue weighted by Gasteiger charge is 2.25. The number of fused-ring (bicyclic) bond motifs is 1. The summed E-state index contributed by atoms with van der Waals surface area (Å²) in [4.78, 5) is 11.5. The Morgan fingerprint density at radius 1 is 1.11 bits per heavy atom. The molecule has 4 rings (SSSR count). The fourth-order valence-corrected chi connectivity index (χ4v) is 4.32. The second-order valence-corrected chi connectivity index (χ2v) is 7.60. The number of hydrogen-bond donors (Lipinski definition) is 2. The smallest absolute Gasteiger partial charge is 0.335 e. The van der Waals surface area contributed by atoms with Crippen LogP contribution in [-0.4, -0.2) is 22.2 Å². The van der Waals surface area contributed by atoms with Crippen LogP contribution >= 0.6 is 0 Å². The van der Waals surface area contributed by atoms with Gasteiger partial charge in [0.25, 0.3) is 0 Å². The van der Waals surface area contributed by atoms with E-state index in [1.165, 1.54) is 17.7 Å². The van der Waals surface area contributed by atoms with Crippen LogP contribution in [0.25, 0.3) is 16.9 Å². The van der Waals surface area contributed by atoms with Gasteiger partial charge in [-0.25, -0.2) is 4.79 Å². The molecule has 3 N–H and O–H groups in total. The van der Waals surface area contributed by atoms with Gasteiger partial charge in [0, 0.05) is 11.4 Å². The minimum absolute atomic E-state index is 0.314. The van der Waals surface area contributed by atoms with Crippen molar-refractivity contribution in [3.63, 3.8) is 0 Å². The Morgan fingerprint density at radius 2 is 1.93 bits per heavy atom. The standard InChI is InChI=1S/C24H26N2O2/c25-13-5-6-17-11-12-19-16-23(18-7-2-1-3-8-18)26(22(19)14-17)21-10-4-9-20(15-21)24(27)28/h1-4,7-10,15-17H,5-6,11-14,25H2,(H,27,28). The Labute approximate surface area is 165 Å². The van der Waals surface area contributed by atoms with Crippen LogP contribution in [0.5, 0.6) is 0 Å². The van der Waals surface area contributed by atoms with Gasteiger partial charge in [0.05, 0.1) is 11.3 Å². The molecule has 1 unspecified atom stereocenters. The summed E-state index contributed by atoms with van der Waals surface area (Å²) in [5, 5.41) is 9.45. The number of aromatic carboxylic acids is 1. The van der Waals surface area contributed by atoms with Crippen LogP contribution < -0.4 is 5.73 Å². The average molecular weight is 374 g/mol. The molecule has 0 saturated carbocycles. The van der Waals surface area contributed by atoms with Gasteiger partial charge in [0.2, 0.25) is 0 Å². The van der Waals surface area contributed by atoms with Gasteiger partial charge < -0.3 is 15.4 Å². The van der Waals surface area contributed by atoms with Crippen LogP contribution in [0.2, 0.25) is 0 Å².